The fourth-order valence-electron chi connectivity index (χ4n) is 2.11. The Labute approximate surface area is 115 Å². The molecule has 0 radical (unpaired) electrons. The standard InChI is InChI=1S/C12H14ClN3O3/c13-8-1-2-10(11(7-8)16(18)19)12(17)15-5-3-9(14)4-6-15/h1-2,7,9H,3-6,14H2. The molecule has 2 rings (SSSR count). The summed E-state index contributed by atoms with van der Waals surface area (Å²) in [4.78, 5) is 24.3. The molecule has 1 fully saturated rings. The molecule has 0 atom stereocenters. The van der Waals surface area contributed by atoms with Crippen molar-refractivity contribution in [1.82, 2.24) is 4.90 Å². The molecule has 0 saturated carbocycles. The Morgan fingerprint density at radius 2 is 2.05 bits per heavy atom. The zero-order valence-corrected chi connectivity index (χ0v) is 11.0. The fraction of sp³-hybridized carbons (Fsp3) is 0.417. The first-order chi connectivity index (χ1) is 8.99. The van der Waals surface area contributed by atoms with Gasteiger partial charge in [0.25, 0.3) is 11.6 Å². The molecule has 0 unspecified atom stereocenters. The van der Waals surface area contributed by atoms with Gasteiger partial charge in [0.05, 0.1) is 4.92 Å². The summed E-state index contributed by atoms with van der Waals surface area (Å²) in [5, 5.41) is 11.2. The van der Waals surface area contributed by atoms with E-state index in [-0.39, 0.29) is 28.2 Å². The minimum Gasteiger partial charge on any atom is -0.338 e. The summed E-state index contributed by atoms with van der Waals surface area (Å²) in [5.74, 6) is -0.338. The largest absolute Gasteiger partial charge is 0.338 e. The third-order valence-corrected chi connectivity index (χ3v) is 3.45. The van der Waals surface area contributed by atoms with Crippen LogP contribution >= 0.6 is 11.6 Å². The lowest BCUT2D eigenvalue weighted by Gasteiger charge is -2.30. The number of hydrogen-bond donors (Lipinski definition) is 1. The Morgan fingerprint density at radius 1 is 1.42 bits per heavy atom. The molecule has 1 aliphatic rings. The van der Waals surface area contributed by atoms with Crippen LogP contribution in [0.4, 0.5) is 5.69 Å². The number of carbonyl (C=O) groups is 1. The SMILES string of the molecule is NC1CCN(C(=O)c2ccc(Cl)cc2[N+](=O)[O-])CC1. The van der Waals surface area contributed by atoms with Gasteiger partial charge in [0.2, 0.25) is 0 Å². The molecular weight excluding hydrogens is 270 g/mol. The minimum atomic E-state index is -0.588. The van der Waals surface area contributed by atoms with Crippen molar-refractivity contribution in [2.24, 2.45) is 5.73 Å². The van der Waals surface area contributed by atoms with E-state index < -0.39 is 4.92 Å². The van der Waals surface area contributed by atoms with Crippen molar-refractivity contribution < 1.29 is 9.72 Å². The zero-order chi connectivity index (χ0) is 14.0. The zero-order valence-electron chi connectivity index (χ0n) is 10.2. The van der Waals surface area contributed by atoms with Crippen LogP contribution < -0.4 is 5.73 Å². The number of nitrogens with zero attached hydrogens (tertiary/aromatic N) is 2. The van der Waals surface area contributed by atoms with Crippen LogP contribution in [0, 0.1) is 10.1 Å². The molecule has 1 aliphatic heterocycles. The number of likely N-dealkylation sites (tertiary alicyclic amines) is 1. The Kier molecular flexibility index (Phi) is 4.01. The van der Waals surface area contributed by atoms with E-state index in [0.717, 1.165) is 0 Å². The molecular formula is C12H14ClN3O3. The predicted molar refractivity (Wildman–Crippen MR) is 71.2 cm³/mol. The second-order valence-corrected chi connectivity index (χ2v) is 4.98. The first kappa shape index (κ1) is 13.8. The van der Waals surface area contributed by atoms with E-state index in [1.807, 2.05) is 0 Å². The molecule has 0 aliphatic carbocycles. The first-order valence-electron chi connectivity index (χ1n) is 5.98. The van der Waals surface area contributed by atoms with Gasteiger partial charge >= 0.3 is 0 Å². The van der Waals surface area contributed by atoms with E-state index in [1.165, 1.54) is 18.2 Å². The number of benzene rings is 1. The van der Waals surface area contributed by atoms with Gasteiger partial charge in [-0.3, -0.25) is 14.9 Å². The first-order valence-corrected chi connectivity index (χ1v) is 6.35. The third kappa shape index (κ3) is 3.02. The van der Waals surface area contributed by atoms with Gasteiger partial charge < -0.3 is 10.6 Å². The molecule has 1 aromatic rings. The smallest absolute Gasteiger partial charge is 0.283 e. The van der Waals surface area contributed by atoms with Crippen LogP contribution in [0.3, 0.4) is 0 Å². The van der Waals surface area contributed by atoms with E-state index in [9.17, 15) is 14.9 Å². The second-order valence-electron chi connectivity index (χ2n) is 4.55. The van der Waals surface area contributed by atoms with Crippen LogP contribution in [0.15, 0.2) is 18.2 Å². The number of rotatable bonds is 2. The molecule has 0 aromatic heterocycles. The summed E-state index contributed by atoms with van der Waals surface area (Å²) in [7, 11) is 0. The van der Waals surface area contributed by atoms with Crippen molar-refractivity contribution in [3.63, 3.8) is 0 Å². The van der Waals surface area contributed by atoms with Crippen LogP contribution in [0.2, 0.25) is 5.02 Å². The molecule has 6 nitrogen and oxygen atoms in total. The van der Waals surface area contributed by atoms with Crippen LogP contribution in [0.1, 0.15) is 23.2 Å². The molecule has 1 saturated heterocycles. The third-order valence-electron chi connectivity index (χ3n) is 3.21. The van der Waals surface area contributed by atoms with Crippen molar-refractivity contribution in [2.45, 2.75) is 18.9 Å². The number of piperidine rings is 1. The van der Waals surface area contributed by atoms with E-state index in [0.29, 0.717) is 25.9 Å². The summed E-state index contributed by atoms with van der Waals surface area (Å²) in [5.41, 5.74) is 5.59. The van der Waals surface area contributed by atoms with Crippen molar-refractivity contribution >= 4 is 23.2 Å². The average Bonchev–Trinajstić information content (AvgIpc) is 2.38. The van der Waals surface area contributed by atoms with Gasteiger partial charge in [0.1, 0.15) is 5.56 Å². The van der Waals surface area contributed by atoms with Gasteiger partial charge in [-0.2, -0.15) is 0 Å². The monoisotopic (exact) mass is 283 g/mol. The quantitative estimate of drug-likeness (QED) is 0.662. The predicted octanol–water partition coefficient (Wildman–Crippen LogP) is 1.81. The number of hydrogen-bond acceptors (Lipinski definition) is 4. The maximum Gasteiger partial charge on any atom is 0.283 e. The summed E-state index contributed by atoms with van der Waals surface area (Å²) in [6.07, 6.45) is 1.43. The number of nitrogens with two attached hydrogens (primary N) is 1. The van der Waals surface area contributed by atoms with Crippen molar-refractivity contribution in [2.75, 3.05) is 13.1 Å². The number of amides is 1. The summed E-state index contributed by atoms with van der Waals surface area (Å²) < 4.78 is 0. The lowest BCUT2D eigenvalue weighted by molar-refractivity contribution is -0.385. The molecule has 0 spiro atoms. The summed E-state index contributed by atoms with van der Waals surface area (Å²) in [6, 6.07) is 4.18. The number of carbonyl (C=O) groups excluding carboxylic acids is 1. The molecule has 1 aromatic carbocycles. The lowest BCUT2D eigenvalue weighted by atomic mass is 10.0. The van der Waals surface area contributed by atoms with Crippen molar-refractivity contribution in [3.8, 4) is 0 Å². The Hall–Kier alpha value is -1.66. The van der Waals surface area contributed by atoms with Crippen molar-refractivity contribution in [1.29, 1.82) is 0 Å². The average molecular weight is 284 g/mol. The summed E-state index contributed by atoms with van der Waals surface area (Å²) in [6.45, 7) is 1.06. The topological polar surface area (TPSA) is 89.5 Å². The van der Waals surface area contributed by atoms with Crippen LogP contribution in [-0.4, -0.2) is 34.9 Å². The highest BCUT2D eigenvalue weighted by Gasteiger charge is 2.27. The number of nitro groups is 1. The lowest BCUT2D eigenvalue weighted by Crippen LogP contribution is -2.43. The minimum absolute atomic E-state index is 0.0740. The van der Waals surface area contributed by atoms with Gasteiger partial charge in [0.15, 0.2) is 0 Å². The molecule has 19 heavy (non-hydrogen) atoms. The van der Waals surface area contributed by atoms with Crippen LogP contribution in [-0.2, 0) is 0 Å². The van der Waals surface area contributed by atoms with Gasteiger partial charge in [0, 0.05) is 30.2 Å². The van der Waals surface area contributed by atoms with Gasteiger partial charge in [-0.05, 0) is 25.0 Å². The Balaban J connectivity index is 2.26. The Bertz CT molecular complexity index is 513. The van der Waals surface area contributed by atoms with E-state index in [4.69, 9.17) is 17.3 Å². The van der Waals surface area contributed by atoms with E-state index in [2.05, 4.69) is 0 Å². The normalized spacial score (nSPS) is 16.4. The van der Waals surface area contributed by atoms with Crippen molar-refractivity contribution in [3.05, 3.63) is 38.9 Å². The van der Waals surface area contributed by atoms with E-state index in [1.54, 1.807) is 4.90 Å². The van der Waals surface area contributed by atoms with Gasteiger partial charge in [-0.15, -0.1) is 0 Å². The molecule has 1 amide bonds. The van der Waals surface area contributed by atoms with Crippen LogP contribution in [0.5, 0.6) is 0 Å². The molecule has 1 heterocycles. The highest BCUT2D eigenvalue weighted by molar-refractivity contribution is 6.31. The highest BCUT2D eigenvalue weighted by Crippen LogP contribution is 2.25. The molecule has 0 bridgehead atoms. The molecule has 2 N–H and O–H groups in total. The van der Waals surface area contributed by atoms with Gasteiger partial charge in [-0.25, -0.2) is 0 Å². The summed E-state index contributed by atoms with van der Waals surface area (Å²) >= 11 is 5.72. The molecule has 7 heteroatoms. The number of nitro benzene ring substituents is 1. The fourth-order valence-corrected chi connectivity index (χ4v) is 2.28. The molecule has 102 valence electrons. The van der Waals surface area contributed by atoms with Gasteiger partial charge in [-0.1, -0.05) is 11.6 Å². The van der Waals surface area contributed by atoms with Crippen LogP contribution in [0.25, 0.3) is 0 Å². The maximum absolute atomic E-state index is 12.3. The van der Waals surface area contributed by atoms with E-state index >= 15 is 0 Å². The second kappa shape index (κ2) is 5.54. The Morgan fingerprint density at radius 3 is 2.63 bits per heavy atom. The highest BCUT2D eigenvalue weighted by atomic mass is 35.5. The number of halogens is 1. The maximum atomic E-state index is 12.3.